The van der Waals surface area contributed by atoms with Gasteiger partial charge in [0.2, 0.25) is 5.91 Å². The summed E-state index contributed by atoms with van der Waals surface area (Å²) < 4.78 is 35.8. The molecule has 0 aliphatic carbocycles. The minimum absolute atomic E-state index is 0.0215. The van der Waals surface area contributed by atoms with Gasteiger partial charge in [-0.05, 0) is 36.4 Å². The fraction of sp³-hybridized carbons (Fsp3) is 0.286. The van der Waals surface area contributed by atoms with Crippen LogP contribution in [-0.4, -0.2) is 50.7 Å². The number of para-hydroxylation sites is 2. The molecule has 1 saturated heterocycles. The van der Waals surface area contributed by atoms with E-state index in [-0.39, 0.29) is 11.7 Å². The predicted octanol–water partition coefficient (Wildman–Crippen LogP) is 4.42. The first kappa shape index (κ1) is 21.1. The number of nitrogens with zero attached hydrogens (tertiary/aromatic N) is 2. The maximum absolute atomic E-state index is 12.6. The fourth-order valence-corrected chi connectivity index (χ4v) is 3.56. The van der Waals surface area contributed by atoms with Crippen LogP contribution in [0.4, 0.5) is 14.5 Å². The Hall–Kier alpha value is -2.61. The molecule has 8 heteroatoms. The van der Waals surface area contributed by atoms with Gasteiger partial charge in [0, 0.05) is 42.3 Å². The summed E-state index contributed by atoms with van der Waals surface area (Å²) in [4.78, 5) is 16.5. The topological polar surface area (TPSA) is 42.0 Å². The highest BCUT2D eigenvalue weighted by atomic mass is 79.9. The van der Waals surface area contributed by atoms with Crippen LogP contribution in [0.1, 0.15) is 5.56 Å². The quantitative estimate of drug-likeness (QED) is 0.590. The molecule has 3 rings (SSSR count). The van der Waals surface area contributed by atoms with Crippen LogP contribution in [0.25, 0.3) is 6.08 Å². The number of halogens is 3. The van der Waals surface area contributed by atoms with Gasteiger partial charge in [0.15, 0.2) is 0 Å². The van der Waals surface area contributed by atoms with Gasteiger partial charge in [0.1, 0.15) is 11.5 Å². The minimum atomic E-state index is -2.93. The highest BCUT2D eigenvalue weighted by Crippen LogP contribution is 2.29. The van der Waals surface area contributed by atoms with Gasteiger partial charge >= 0.3 is 6.61 Å². The van der Waals surface area contributed by atoms with Crippen molar-refractivity contribution in [2.45, 2.75) is 6.61 Å². The number of benzene rings is 2. The zero-order valence-corrected chi connectivity index (χ0v) is 17.4. The van der Waals surface area contributed by atoms with Crippen molar-refractivity contribution in [3.05, 3.63) is 58.6 Å². The largest absolute Gasteiger partial charge is 0.495 e. The molecule has 2 aromatic rings. The third-order valence-corrected chi connectivity index (χ3v) is 5.10. The van der Waals surface area contributed by atoms with E-state index in [0.29, 0.717) is 36.2 Å². The second-order valence-electron chi connectivity index (χ2n) is 6.38. The minimum Gasteiger partial charge on any atom is -0.495 e. The molecule has 0 N–H and O–H groups in total. The Morgan fingerprint density at radius 2 is 1.83 bits per heavy atom. The number of methoxy groups -OCH3 is 1. The van der Waals surface area contributed by atoms with Gasteiger partial charge in [-0.1, -0.05) is 28.1 Å². The number of rotatable bonds is 6. The van der Waals surface area contributed by atoms with Gasteiger partial charge in [-0.25, -0.2) is 0 Å². The zero-order chi connectivity index (χ0) is 20.8. The lowest BCUT2D eigenvalue weighted by Crippen LogP contribution is -2.48. The SMILES string of the molecule is COc1ccccc1N1CCN(C(=O)/C=C/c2cc(Br)ccc2OC(F)F)CC1. The zero-order valence-electron chi connectivity index (χ0n) is 15.9. The molecular formula is C21H21BrF2N2O3. The lowest BCUT2D eigenvalue weighted by Gasteiger charge is -2.36. The van der Waals surface area contributed by atoms with E-state index in [9.17, 15) is 13.6 Å². The Balaban J connectivity index is 1.64. The molecule has 0 spiro atoms. The fourth-order valence-electron chi connectivity index (χ4n) is 3.18. The molecule has 1 amide bonds. The van der Waals surface area contributed by atoms with E-state index in [1.807, 2.05) is 24.3 Å². The molecule has 0 unspecified atom stereocenters. The van der Waals surface area contributed by atoms with Gasteiger partial charge in [0.05, 0.1) is 12.8 Å². The Morgan fingerprint density at radius 3 is 2.52 bits per heavy atom. The monoisotopic (exact) mass is 466 g/mol. The molecule has 29 heavy (non-hydrogen) atoms. The van der Waals surface area contributed by atoms with Gasteiger partial charge in [-0.2, -0.15) is 8.78 Å². The summed E-state index contributed by atoms with van der Waals surface area (Å²) in [7, 11) is 1.64. The van der Waals surface area contributed by atoms with Crippen LogP contribution in [0.2, 0.25) is 0 Å². The molecule has 1 fully saturated rings. The average molecular weight is 467 g/mol. The molecule has 154 valence electrons. The van der Waals surface area contributed by atoms with Crippen LogP contribution in [0, 0.1) is 0 Å². The summed E-state index contributed by atoms with van der Waals surface area (Å²) in [5.74, 6) is 0.647. The second kappa shape index (κ2) is 9.73. The number of anilines is 1. The first-order chi connectivity index (χ1) is 14.0. The number of alkyl halides is 2. The molecule has 0 saturated carbocycles. The maximum atomic E-state index is 12.6. The van der Waals surface area contributed by atoms with Crippen LogP contribution in [-0.2, 0) is 4.79 Å². The third-order valence-electron chi connectivity index (χ3n) is 4.61. The van der Waals surface area contributed by atoms with E-state index in [1.165, 1.54) is 18.2 Å². The second-order valence-corrected chi connectivity index (χ2v) is 7.29. The third kappa shape index (κ3) is 5.47. The number of carbonyl (C=O) groups excluding carboxylic acids is 1. The molecule has 1 heterocycles. The number of hydrogen-bond acceptors (Lipinski definition) is 4. The van der Waals surface area contributed by atoms with Crippen molar-refractivity contribution < 1.29 is 23.0 Å². The highest BCUT2D eigenvalue weighted by Gasteiger charge is 2.21. The molecule has 0 aromatic heterocycles. The summed E-state index contributed by atoms with van der Waals surface area (Å²) in [6, 6.07) is 12.4. The van der Waals surface area contributed by atoms with E-state index in [4.69, 9.17) is 4.74 Å². The Labute approximate surface area is 176 Å². The Bertz CT molecular complexity index is 884. The summed E-state index contributed by atoms with van der Waals surface area (Å²) in [5, 5.41) is 0. The molecule has 0 radical (unpaired) electrons. The highest BCUT2D eigenvalue weighted by molar-refractivity contribution is 9.10. The van der Waals surface area contributed by atoms with Crippen LogP contribution >= 0.6 is 15.9 Å². The van der Waals surface area contributed by atoms with Crippen LogP contribution in [0.15, 0.2) is 53.0 Å². The standard InChI is InChI=1S/C21H21BrF2N2O3/c1-28-19-5-3-2-4-17(19)25-10-12-26(13-11-25)20(27)9-6-15-14-16(22)7-8-18(15)29-21(23)24/h2-9,14,21H,10-13H2,1H3/b9-6+. The number of carbonyl (C=O) groups is 1. The lowest BCUT2D eigenvalue weighted by atomic mass is 10.1. The molecule has 1 aliphatic rings. The van der Waals surface area contributed by atoms with E-state index in [2.05, 4.69) is 25.6 Å². The number of amides is 1. The van der Waals surface area contributed by atoms with E-state index < -0.39 is 6.61 Å². The van der Waals surface area contributed by atoms with Gasteiger partial charge in [-0.3, -0.25) is 4.79 Å². The predicted molar refractivity (Wildman–Crippen MR) is 112 cm³/mol. The van der Waals surface area contributed by atoms with Gasteiger partial charge in [0.25, 0.3) is 0 Å². The van der Waals surface area contributed by atoms with Crippen molar-refractivity contribution in [1.29, 1.82) is 0 Å². The van der Waals surface area contributed by atoms with E-state index in [1.54, 1.807) is 24.1 Å². The van der Waals surface area contributed by atoms with Crippen LogP contribution in [0.3, 0.4) is 0 Å². The van der Waals surface area contributed by atoms with Crippen molar-refractivity contribution in [3.63, 3.8) is 0 Å². The van der Waals surface area contributed by atoms with Crippen molar-refractivity contribution in [2.75, 3.05) is 38.2 Å². The smallest absolute Gasteiger partial charge is 0.387 e. The lowest BCUT2D eigenvalue weighted by molar-refractivity contribution is -0.126. The van der Waals surface area contributed by atoms with E-state index >= 15 is 0 Å². The van der Waals surface area contributed by atoms with Crippen LogP contribution < -0.4 is 14.4 Å². The van der Waals surface area contributed by atoms with Crippen molar-refractivity contribution >= 4 is 33.6 Å². The molecule has 0 bridgehead atoms. The molecular weight excluding hydrogens is 446 g/mol. The molecule has 0 atom stereocenters. The number of ether oxygens (including phenoxy) is 2. The summed E-state index contributed by atoms with van der Waals surface area (Å²) in [5.41, 5.74) is 1.40. The number of piperazine rings is 1. The van der Waals surface area contributed by atoms with Crippen molar-refractivity contribution in [2.24, 2.45) is 0 Å². The van der Waals surface area contributed by atoms with Crippen molar-refractivity contribution in [1.82, 2.24) is 4.90 Å². The van der Waals surface area contributed by atoms with Crippen LogP contribution in [0.5, 0.6) is 11.5 Å². The molecule has 5 nitrogen and oxygen atoms in total. The Kier molecular flexibility index (Phi) is 7.09. The molecule has 2 aromatic carbocycles. The van der Waals surface area contributed by atoms with E-state index in [0.717, 1.165) is 11.4 Å². The first-order valence-corrected chi connectivity index (χ1v) is 9.86. The Morgan fingerprint density at radius 1 is 1.10 bits per heavy atom. The van der Waals surface area contributed by atoms with Crippen molar-refractivity contribution in [3.8, 4) is 11.5 Å². The number of hydrogen-bond donors (Lipinski definition) is 0. The van der Waals surface area contributed by atoms with Gasteiger partial charge < -0.3 is 19.3 Å². The van der Waals surface area contributed by atoms with Gasteiger partial charge in [-0.15, -0.1) is 0 Å². The average Bonchev–Trinajstić information content (AvgIpc) is 2.73. The normalized spacial score (nSPS) is 14.5. The first-order valence-electron chi connectivity index (χ1n) is 9.07. The summed E-state index contributed by atoms with van der Waals surface area (Å²) in [6.45, 7) is -0.463. The summed E-state index contributed by atoms with van der Waals surface area (Å²) in [6.07, 6.45) is 2.89. The maximum Gasteiger partial charge on any atom is 0.387 e. The molecule has 1 aliphatic heterocycles. The summed E-state index contributed by atoms with van der Waals surface area (Å²) >= 11 is 3.30.